The molecule has 7 heteroatoms. The van der Waals surface area contributed by atoms with Crippen molar-refractivity contribution in [2.45, 2.75) is 19.8 Å². The zero-order valence-corrected chi connectivity index (χ0v) is 12.9. The summed E-state index contributed by atoms with van der Waals surface area (Å²) in [6.45, 7) is 4.68. The largest absolute Gasteiger partial charge is 0.384 e. The lowest BCUT2D eigenvalue weighted by molar-refractivity contribution is 0.0953. The fraction of sp³-hybridized carbons (Fsp3) is 0.500. The van der Waals surface area contributed by atoms with Crippen LogP contribution in [0.5, 0.6) is 0 Å². The zero-order chi connectivity index (χ0) is 16.0. The van der Waals surface area contributed by atoms with Crippen molar-refractivity contribution in [3.63, 3.8) is 0 Å². The number of urea groups is 1. The molecule has 0 radical (unpaired) electrons. The molecule has 21 heavy (non-hydrogen) atoms. The van der Waals surface area contributed by atoms with Gasteiger partial charge in [-0.3, -0.25) is 4.79 Å². The number of hydrogen-bond acceptors (Lipinski definition) is 4. The zero-order valence-electron chi connectivity index (χ0n) is 12.9. The Balaban J connectivity index is 2.54. The maximum absolute atomic E-state index is 12.0. The minimum atomic E-state index is -0.231. The van der Waals surface area contributed by atoms with E-state index in [0.29, 0.717) is 24.5 Å². The Morgan fingerprint density at radius 2 is 1.86 bits per heavy atom. The van der Waals surface area contributed by atoms with E-state index in [-0.39, 0.29) is 17.9 Å². The molecule has 7 nitrogen and oxygen atoms in total. The topological polar surface area (TPSA) is 100 Å². The molecule has 1 heterocycles. The Bertz CT molecular complexity index is 514. The molecule has 0 aromatic carbocycles. The first-order valence-electron chi connectivity index (χ1n) is 6.82. The van der Waals surface area contributed by atoms with Crippen LogP contribution in [0.1, 0.15) is 35.8 Å². The molecule has 0 aliphatic heterocycles. The first-order chi connectivity index (χ1) is 9.81. The molecule has 0 saturated carbocycles. The van der Waals surface area contributed by atoms with Gasteiger partial charge in [-0.05, 0) is 18.1 Å². The Labute approximate surface area is 124 Å². The van der Waals surface area contributed by atoms with Gasteiger partial charge in [0.25, 0.3) is 5.91 Å². The number of carbonyl (C=O) groups is 2. The minimum absolute atomic E-state index is 0.194. The normalized spacial score (nSPS) is 10.3. The van der Waals surface area contributed by atoms with Crippen molar-refractivity contribution in [2.75, 3.05) is 32.9 Å². The molecular weight excluding hydrogens is 270 g/mol. The van der Waals surface area contributed by atoms with E-state index in [4.69, 9.17) is 5.73 Å². The van der Waals surface area contributed by atoms with E-state index < -0.39 is 0 Å². The van der Waals surface area contributed by atoms with Crippen LogP contribution in [0.2, 0.25) is 0 Å². The smallest absolute Gasteiger partial charge is 0.316 e. The third kappa shape index (κ3) is 5.29. The Morgan fingerprint density at radius 3 is 2.43 bits per heavy atom. The number of rotatable bonds is 5. The molecular formula is C14H23N5O2. The van der Waals surface area contributed by atoms with E-state index in [0.717, 1.165) is 5.69 Å². The van der Waals surface area contributed by atoms with Gasteiger partial charge in [0, 0.05) is 38.4 Å². The van der Waals surface area contributed by atoms with E-state index >= 15 is 0 Å². The maximum atomic E-state index is 12.0. The number of nitrogen functional groups attached to an aromatic ring is 1. The summed E-state index contributed by atoms with van der Waals surface area (Å²) >= 11 is 0. The van der Waals surface area contributed by atoms with E-state index in [1.54, 1.807) is 26.2 Å². The third-order valence-electron chi connectivity index (χ3n) is 2.81. The predicted molar refractivity (Wildman–Crippen MR) is 82.2 cm³/mol. The van der Waals surface area contributed by atoms with Crippen LogP contribution in [-0.4, -0.2) is 49.0 Å². The molecule has 0 unspecified atom stereocenters. The van der Waals surface area contributed by atoms with Crippen LogP contribution in [0.15, 0.2) is 12.1 Å². The summed E-state index contributed by atoms with van der Waals surface area (Å²) in [5.74, 6) is 0.289. The molecule has 0 atom stereocenters. The third-order valence-corrected chi connectivity index (χ3v) is 2.81. The highest BCUT2D eigenvalue weighted by molar-refractivity contribution is 5.95. The average Bonchev–Trinajstić information content (AvgIpc) is 2.42. The number of anilines is 1. The van der Waals surface area contributed by atoms with Crippen LogP contribution in [0.3, 0.4) is 0 Å². The first-order valence-corrected chi connectivity index (χ1v) is 6.82. The van der Waals surface area contributed by atoms with Gasteiger partial charge in [0.1, 0.15) is 5.82 Å². The van der Waals surface area contributed by atoms with Gasteiger partial charge < -0.3 is 21.3 Å². The quantitative estimate of drug-likeness (QED) is 0.699. The van der Waals surface area contributed by atoms with E-state index in [9.17, 15) is 9.59 Å². The molecule has 1 aromatic heterocycles. The highest BCUT2D eigenvalue weighted by Crippen LogP contribution is 2.15. The molecule has 0 fully saturated rings. The molecule has 3 amide bonds. The second-order valence-corrected chi connectivity index (χ2v) is 5.24. The van der Waals surface area contributed by atoms with Gasteiger partial charge in [-0.2, -0.15) is 0 Å². The fourth-order valence-corrected chi connectivity index (χ4v) is 1.61. The van der Waals surface area contributed by atoms with Gasteiger partial charge in [0.05, 0.1) is 0 Å². The number of amides is 3. The minimum Gasteiger partial charge on any atom is -0.384 e. The summed E-state index contributed by atoms with van der Waals surface area (Å²) in [7, 11) is 3.31. The van der Waals surface area contributed by atoms with Gasteiger partial charge in [0.15, 0.2) is 0 Å². The number of nitrogens with zero attached hydrogens (tertiary/aromatic N) is 2. The number of pyridine rings is 1. The Kier molecular flexibility index (Phi) is 5.95. The van der Waals surface area contributed by atoms with Gasteiger partial charge >= 0.3 is 6.03 Å². The number of aromatic nitrogens is 1. The first kappa shape index (κ1) is 16.7. The summed E-state index contributed by atoms with van der Waals surface area (Å²) in [5, 5.41) is 5.40. The van der Waals surface area contributed by atoms with Crippen molar-refractivity contribution in [1.82, 2.24) is 20.5 Å². The second kappa shape index (κ2) is 7.47. The number of nitrogens with two attached hydrogens (primary N) is 1. The number of carbonyl (C=O) groups excluding carboxylic acids is 2. The van der Waals surface area contributed by atoms with Crippen LogP contribution in [0.25, 0.3) is 0 Å². The van der Waals surface area contributed by atoms with Gasteiger partial charge in [-0.15, -0.1) is 0 Å². The number of nitrogens with one attached hydrogen (secondary N) is 2. The molecule has 0 spiro atoms. The lowest BCUT2D eigenvalue weighted by atomic mass is 10.1. The molecule has 1 aromatic rings. The molecule has 0 saturated heterocycles. The second-order valence-electron chi connectivity index (χ2n) is 5.24. The van der Waals surface area contributed by atoms with Gasteiger partial charge in [0.2, 0.25) is 0 Å². The van der Waals surface area contributed by atoms with Crippen LogP contribution in [-0.2, 0) is 0 Å². The van der Waals surface area contributed by atoms with Crippen molar-refractivity contribution < 1.29 is 9.59 Å². The summed E-state index contributed by atoms with van der Waals surface area (Å²) in [5.41, 5.74) is 6.96. The van der Waals surface area contributed by atoms with E-state index in [1.165, 1.54) is 4.90 Å². The maximum Gasteiger partial charge on any atom is 0.316 e. The van der Waals surface area contributed by atoms with Crippen molar-refractivity contribution in [3.05, 3.63) is 23.4 Å². The Hall–Kier alpha value is -2.31. The lowest BCUT2D eigenvalue weighted by Crippen LogP contribution is -2.39. The Morgan fingerprint density at radius 1 is 1.24 bits per heavy atom. The SMILES string of the molecule is CC(C)c1cc(C(=O)NCCNC(=O)N(C)C)cc(N)n1. The monoisotopic (exact) mass is 293 g/mol. The van der Waals surface area contributed by atoms with Gasteiger partial charge in [-0.25, -0.2) is 9.78 Å². The van der Waals surface area contributed by atoms with E-state index in [2.05, 4.69) is 15.6 Å². The summed E-state index contributed by atoms with van der Waals surface area (Å²) in [4.78, 5) is 29.0. The van der Waals surface area contributed by atoms with E-state index in [1.807, 2.05) is 13.8 Å². The summed E-state index contributed by atoms with van der Waals surface area (Å²) in [6, 6.07) is 3.08. The molecule has 0 bridgehead atoms. The van der Waals surface area contributed by atoms with Crippen LogP contribution in [0.4, 0.5) is 10.6 Å². The van der Waals surface area contributed by atoms with Gasteiger partial charge in [-0.1, -0.05) is 13.8 Å². The molecule has 0 aliphatic rings. The number of hydrogen-bond donors (Lipinski definition) is 3. The van der Waals surface area contributed by atoms with Crippen LogP contribution < -0.4 is 16.4 Å². The predicted octanol–water partition coefficient (Wildman–Crippen LogP) is 0.788. The standard InChI is InChI=1S/C14H23N5O2/c1-9(2)11-7-10(8-12(15)18-11)13(20)16-5-6-17-14(21)19(3)4/h7-9H,5-6H2,1-4H3,(H2,15,18)(H,16,20)(H,17,21). The lowest BCUT2D eigenvalue weighted by Gasteiger charge is -2.13. The summed E-state index contributed by atoms with van der Waals surface area (Å²) in [6.07, 6.45) is 0. The van der Waals surface area contributed by atoms with Crippen LogP contribution >= 0.6 is 0 Å². The molecule has 1 rings (SSSR count). The highest BCUT2D eigenvalue weighted by atomic mass is 16.2. The fourth-order valence-electron chi connectivity index (χ4n) is 1.61. The highest BCUT2D eigenvalue weighted by Gasteiger charge is 2.10. The van der Waals surface area contributed by atoms with Crippen LogP contribution in [0, 0.1) is 0 Å². The van der Waals surface area contributed by atoms with Crippen molar-refractivity contribution >= 4 is 17.8 Å². The van der Waals surface area contributed by atoms with Crippen molar-refractivity contribution in [1.29, 1.82) is 0 Å². The molecule has 116 valence electrons. The average molecular weight is 293 g/mol. The molecule has 4 N–H and O–H groups in total. The van der Waals surface area contributed by atoms with Crippen molar-refractivity contribution in [3.8, 4) is 0 Å². The van der Waals surface area contributed by atoms with Crippen molar-refractivity contribution in [2.24, 2.45) is 0 Å². The summed E-state index contributed by atoms with van der Waals surface area (Å²) < 4.78 is 0. The molecule has 0 aliphatic carbocycles.